The van der Waals surface area contributed by atoms with Crippen molar-refractivity contribution in [2.75, 3.05) is 6.61 Å². The van der Waals surface area contributed by atoms with Gasteiger partial charge in [0, 0.05) is 5.38 Å². The van der Waals surface area contributed by atoms with E-state index in [9.17, 15) is 0 Å². The summed E-state index contributed by atoms with van der Waals surface area (Å²) < 4.78 is 6.31. The third-order valence-electron chi connectivity index (χ3n) is 1.61. The zero-order valence-electron chi connectivity index (χ0n) is 7.92. The Kier molecular flexibility index (Phi) is 4.73. The third-order valence-corrected chi connectivity index (χ3v) is 3.07. The van der Waals surface area contributed by atoms with Crippen LogP contribution in [0.2, 0.25) is 0 Å². The number of ether oxygens (including phenoxy) is 1. The molecule has 0 radical (unpaired) electrons. The molecule has 0 spiro atoms. The van der Waals surface area contributed by atoms with Gasteiger partial charge in [0.2, 0.25) is 0 Å². The summed E-state index contributed by atoms with van der Waals surface area (Å²) in [5.41, 5.74) is 0. The smallest absolute Gasteiger partial charge is 0.274 e. The Hall–Kier alpha value is -0.0900. The summed E-state index contributed by atoms with van der Waals surface area (Å²) in [5.74, 6) is 0.756. The normalized spacial score (nSPS) is 10.8. The van der Waals surface area contributed by atoms with E-state index in [-0.39, 0.29) is 0 Å². The summed E-state index contributed by atoms with van der Waals surface area (Å²) in [6.45, 7) is 5.22. The van der Waals surface area contributed by atoms with E-state index in [1.54, 1.807) is 0 Å². The number of hydrogen-bond acceptors (Lipinski definition) is 3. The van der Waals surface area contributed by atoms with Gasteiger partial charge >= 0.3 is 0 Å². The van der Waals surface area contributed by atoms with E-state index < -0.39 is 0 Å². The van der Waals surface area contributed by atoms with Crippen molar-refractivity contribution in [2.45, 2.75) is 26.7 Å². The van der Waals surface area contributed by atoms with Gasteiger partial charge in [-0.3, -0.25) is 0 Å². The zero-order chi connectivity index (χ0) is 9.68. The molecule has 0 fully saturated rings. The molecular weight excluding hydrogens is 250 g/mol. The van der Waals surface area contributed by atoms with Gasteiger partial charge in [0.15, 0.2) is 0 Å². The van der Waals surface area contributed by atoms with Crippen LogP contribution in [0.25, 0.3) is 0 Å². The zero-order valence-corrected chi connectivity index (χ0v) is 10.3. The van der Waals surface area contributed by atoms with Crippen LogP contribution in [-0.2, 0) is 0 Å². The predicted molar refractivity (Wildman–Crippen MR) is 59.4 cm³/mol. The maximum Gasteiger partial charge on any atom is 0.274 e. The number of aromatic nitrogens is 1. The van der Waals surface area contributed by atoms with Crippen LogP contribution in [0.3, 0.4) is 0 Å². The molecule has 1 aromatic heterocycles. The van der Waals surface area contributed by atoms with Crippen LogP contribution in [0.5, 0.6) is 5.19 Å². The molecule has 4 heteroatoms. The highest BCUT2D eigenvalue weighted by atomic mass is 79.9. The molecule has 1 heterocycles. The molecule has 0 aromatic carbocycles. The summed E-state index contributed by atoms with van der Waals surface area (Å²) in [7, 11) is 0. The number of nitrogens with zero attached hydrogens (tertiary/aromatic N) is 1. The standard InChI is InChI=1S/C9H14BrNOS/c1-7(2)4-3-5-12-9-11-8(10)6-13-9/h6-7H,3-5H2,1-2H3. The quantitative estimate of drug-likeness (QED) is 0.756. The Labute approximate surface area is 91.5 Å². The molecule has 0 aliphatic heterocycles. The number of thiazole rings is 1. The molecule has 0 saturated heterocycles. The van der Waals surface area contributed by atoms with E-state index >= 15 is 0 Å². The largest absolute Gasteiger partial charge is 0.470 e. The van der Waals surface area contributed by atoms with Gasteiger partial charge in [-0.2, -0.15) is 4.98 Å². The molecule has 74 valence electrons. The average molecular weight is 264 g/mol. The molecule has 1 rings (SSSR count). The van der Waals surface area contributed by atoms with E-state index in [2.05, 4.69) is 34.8 Å². The summed E-state index contributed by atoms with van der Waals surface area (Å²) in [5, 5.41) is 2.69. The molecule has 0 bridgehead atoms. The molecule has 13 heavy (non-hydrogen) atoms. The molecule has 0 unspecified atom stereocenters. The lowest BCUT2D eigenvalue weighted by Gasteiger charge is -2.04. The number of halogens is 1. The number of hydrogen-bond donors (Lipinski definition) is 0. The molecule has 2 nitrogen and oxygen atoms in total. The highest BCUT2D eigenvalue weighted by Crippen LogP contribution is 2.21. The molecule has 0 atom stereocenters. The highest BCUT2D eigenvalue weighted by Gasteiger charge is 2.00. The van der Waals surface area contributed by atoms with E-state index in [0.717, 1.165) is 28.7 Å². The second kappa shape index (κ2) is 5.60. The maximum absolute atomic E-state index is 5.45. The van der Waals surface area contributed by atoms with Crippen LogP contribution in [0, 0.1) is 5.92 Å². The maximum atomic E-state index is 5.45. The summed E-state index contributed by atoms with van der Waals surface area (Å²) in [6, 6.07) is 0. The van der Waals surface area contributed by atoms with E-state index in [1.165, 1.54) is 17.8 Å². The Bertz CT molecular complexity index is 250. The minimum Gasteiger partial charge on any atom is -0.470 e. The lowest BCUT2D eigenvalue weighted by Crippen LogP contribution is -1.99. The van der Waals surface area contributed by atoms with Gasteiger partial charge in [-0.1, -0.05) is 25.2 Å². The average Bonchev–Trinajstić information content (AvgIpc) is 2.45. The van der Waals surface area contributed by atoms with Crippen LogP contribution < -0.4 is 4.74 Å². The molecule has 0 aliphatic carbocycles. The molecule has 0 N–H and O–H groups in total. The first-order chi connectivity index (χ1) is 6.18. The van der Waals surface area contributed by atoms with Crippen molar-refractivity contribution in [2.24, 2.45) is 5.92 Å². The third kappa shape index (κ3) is 4.62. The first-order valence-corrected chi connectivity index (χ1v) is 6.09. The van der Waals surface area contributed by atoms with Gasteiger partial charge in [0.25, 0.3) is 5.19 Å². The Morgan fingerprint density at radius 3 is 2.92 bits per heavy atom. The van der Waals surface area contributed by atoms with Crippen LogP contribution in [0.4, 0.5) is 0 Å². The molecule has 0 amide bonds. The van der Waals surface area contributed by atoms with Crippen LogP contribution in [0.15, 0.2) is 9.98 Å². The second-order valence-electron chi connectivity index (χ2n) is 3.32. The lowest BCUT2D eigenvalue weighted by molar-refractivity contribution is 0.296. The first-order valence-electron chi connectivity index (χ1n) is 4.42. The van der Waals surface area contributed by atoms with Gasteiger partial charge in [-0.15, -0.1) is 0 Å². The summed E-state index contributed by atoms with van der Waals surface area (Å²) in [4.78, 5) is 4.14. The van der Waals surface area contributed by atoms with Crippen LogP contribution in [0.1, 0.15) is 26.7 Å². The second-order valence-corrected chi connectivity index (χ2v) is 4.95. The van der Waals surface area contributed by atoms with E-state index in [1.807, 2.05) is 5.38 Å². The predicted octanol–water partition coefficient (Wildman–Crippen LogP) is 3.72. The van der Waals surface area contributed by atoms with E-state index in [0.29, 0.717) is 0 Å². The molecule has 1 aromatic rings. The van der Waals surface area contributed by atoms with Gasteiger partial charge in [0.1, 0.15) is 4.60 Å². The van der Waals surface area contributed by atoms with Crippen molar-refractivity contribution in [3.63, 3.8) is 0 Å². The minimum absolute atomic E-state index is 0.756. The van der Waals surface area contributed by atoms with Crippen molar-refractivity contribution in [1.82, 2.24) is 4.98 Å². The minimum atomic E-state index is 0.756. The topological polar surface area (TPSA) is 22.1 Å². The fourth-order valence-corrected chi connectivity index (χ4v) is 2.07. The molecule has 0 saturated carbocycles. The van der Waals surface area contributed by atoms with Crippen molar-refractivity contribution >= 4 is 27.3 Å². The van der Waals surface area contributed by atoms with Crippen molar-refractivity contribution in [1.29, 1.82) is 0 Å². The number of rotatable bonds is 5. The monoisotopic (exact) mass is 263 g/mol. The van der Waals surface area contributed by atoms with Crippen molar-refractivity contribution < 1.29 is 4.74 Å². The van der Waals surface area contributed by atoms with Gasteiger partial charge in [-0.05, 0) is 34.7 Å². The highest BCUT2D eigenvalue weighted by molar-refractivity contribution is 9.10. The Balaban J connectivity index is 2.13. The fraction of sp³-hybridized carbons (Fsp3) is 0.667. The van der Waals surface area contributed by atoms with Crippen LogP contribution >= 0.6 is 27.3 Å². The molecule has 0 aliphatic rings. The van der Waals surface area contributed by atoms with E-state index in [4.69, 9.17) is 4.74 Å². The first kappa shape index (κ1) is 11.0. The fourth-order valence-electron chi connectivity index (χ4n) is 0.956. The van der Waals surface area contributed by atoms with Gasteiger partial charge < -0.3 is 4.74 Å². The molecular formula is C9H14BrNOS. The SMILES string of the molecule is CC(C)CCCOc1nc(Br)cs1. The van der Waals surface area contributed by atoms with Gasteiger partial charge in [0.05, 0.1) is 6.61 Å². The summed E-state index contributed by atoms with van der Waals surface area (Å²) in [6.07, 6.45) is 2.32. The summed E-state index contributed by atoms with van der Waals surface area (Å²) >= 11 is 4.81. The Morgan fingerprint density at radius 1 is 1.62 bits per heavy atom. The van der Waals surface area contributed by atoms with Crippen molar-refractivity contribution in [3.8, 4) is 5.19 Å². The van der Waals surface area contributed by atoms with Crippen LogP contribution in [-0.4, -0.2) is 11.6 Å². The van der Waals surface area contributed by atoms with Crippen molar-refractivity contribution in [3.05, 3.63) is 9.98 Å². The lowest BCUT2D eigenvalue weighted by atomic mass is 10.1. The van der Waals surface area contributed by atoms with Gasteiger partial charge in [-0.25, -0.2) is 0 Å². The Morgan fingerprint density at radius 2 is 2.38 bits per heavy atom.